The molecule has 1 heterocycles. The molecule has 3 rings (SSSR count). The highest BCUT2D eigenvalue weighted by Gasteiger charge is 2.24. The number of nitrogens with one attached hydrogen (secondary N) is 1. The molecule has 0 spiro atoms. The summed E-state index contributed by atoms with van der Waals surface area (Å²) in [6, 6.07) is 16.4. The molecule has 1 atom stereocenters. The van der Waals surface area contributed by atoms with Crippen molar-refractivity contribution in [1.29, 1.82) is 0 Å². The first-order chi connectivity index (χ1) is 12.5. The van der Waals surface area contributed by atoms with E-state index in [0.717, 1.165) is 30.7 Å². The van der Waals surface area contributed by atoms with Crippen molar-refractivity contribution in [2.24, 2.45) is 0 Å². The number of piperazine rings is 1. The van der Waals surface area contributed by atoms with E-state index in [1.54, 1.807) is 0 Å². The van der Waals surface area contributed by atoms with E-state index in [1.807, 2.05) is 24.3 Å². The van der Waals surface area contributed by atoms with Gasteiger partial charge >= 0.3 is 0 Å². The largest absolute Gasteiger partial charge is 0.350 e. The quantitative estimate of drug-likeness (QED) is 0.811. The molecule has 0 bridgehead atoms. The minimum Gasteiger partial charge on any atom is -0.350 e. The third-order valence-corrected chi connectivity index (χ3v) is 5.71. The number of rotatable bonds is 5. The maximum Gasteiger partial charge on any atom is 0.252 e. The van der Waals surface area contributed by atoms with E-state index in [2.05, 4.69) is 69.3 Å². The van der Waals surface area contributed by atoms with E-state index in [4.69, 9.17) is 0 Å². The molecule has 1 unspecified atom stereocenters. The molecule has 1 saturated heterocycles. The van der Waals surface area contributed by atoms with Gasteiger partial charge in [-0.2, -0.15) is 0 Å². The summed E-state index contributed by atoms with van der Waals surface area (Å²) in [5.41, 5.74) is 3.18. The summed E-state index contributed by atoms with van der Waals surface area (Å²) in [7, 11) is 2.16. The highest BCUT2D eigenvalue weighted by Crippen LogP contribution is 2.23. The van der Waals surface area contributed by atoms with E-state index in [1.165, 1.54) is 11.1 Å². The number of carbonyl (C=O) groups excluding carboxylic acids is 1. The van der Waals surface area contributed by atoms with Crippen LogP contribution in [0, 0.1) is 6.92 Å². The van der Waals surface area contributed by atoms with Crippen molar-refractivity contribution >= 4 is 21.8 Å². The van der Waals surface area contributed by atoms with Gasteiger partial charge < -0.3 is 10.2 Å². The summed E-state index contributed by atoms with van der Waals surface area (Å²) in [6.07, 6.45) is 0. The first-order valence-corrected chi connectivity index (χ1v) is 9.86. The fourth-order valence-corrected chi connectivity index (χ4v) is 3.77. The lowest BCUT2D eigenvalue weighted by Crippen LogP contribution is -2.48. The van der Waals surface area contributed by atoms with Gasteiger partial charge in [-0.05, 0) is 47.6 Å². The fraction of sp³-hybridized carbons (Fsp3) is 0.381. The Labute approximate surface area is 164 Å². The Morgan fingerprint density at radius 1 is 1.08 bits per heavy atom. The van der Waals surface area contributed by atoms with E-state index >= 15 is 0 Å². The second-order valence-electron chi connectivity index (χ2n) is 6.96. The summed E-state index contributed by atoms with van der Waals surface area (Å²) >= 11 is 3.46. The van der Waals surface area contributed by atoms with Crippen LogP contribution in [0.25, 0.3) is 0 Å². The average Bonchev–Trinajstić information content (AvgIpc) is 2.65. The molecule has 1 aliphatic rings. The Hall–Kier alpha value is -1.69. The highest BCUT2D eigenvalue weighted by atomic mass is 79.9. The van der Waals surface area contributed by atoms with Gasteiger partial charge in [0.15, 0.2) is 0 Å². The van der Waals surface area contributed by atoms with Gasteiger partial charge in [-0.3, -0.25) is 9.69 Å². The van der Waals surface area contributed by atoms with Crippen LogP contribution in [0.5, 0.6) is 0 Å². The number of likely N-dealkylation sites (N-methyl/N-ethyl adjacent to an activating group) is 1. The Balaban J connectivity index is 1.74. The maximum atomic E-state index is 12.6. The molecule has 1 aliphatic heterocycles. The van der Waals surface area contributed by atoms with Crippen LogP contribution in [0.1, 0.15) is 27.5 Å². The van der Waals surface area contributed by atoms with Crippen LogP contribution in [-0.4, -0.2) is 55.5 Å². The van der Waals surface area contributed by atoms with Crippen LogP contribution in [0.15, 0.2) is 53.0 Å². The number of carbonyl (C=O) groups is 1. The molecule has 4 nitrogen and oxygen atoms in total. The van der Waals surface area contributed by atoms with Crippen molar-refractivity contribution in [2.45, 2.75) is 13.0 Å². The van der Waals surface area contributed by atoms with Gasteiger partial charge in [0, 0.05) is 37.2 Å². The van der Waals surface area contributed by atoms with Crippen LogP contribution in [-0.2, 0) is 0 Å². The minimum absolute atomic E-state index is 0.0382. The summed E-state index contributed by atoms with van der Waals surface area (Å²) in [5.74, 6) is -0.0382. The van der Waals surface area contributed by atoms with Crippen molar-refractivity contribution in [3.05, 3.63) is 69.7 Å². The van der Waals surface area contributed by atoms with Crippen molar-refractivity contribution in [3.63, 3.8) is 0 Å². The topological polar surface area (TPSA) is 35.6 Å². The first-order valence-electron chi connectivity index (χ1n) is 9.06. The van der Waals surface area contributed by atoms with Gasteiger partial charge in [-0.15, -0.1) is 0 Å². The molecule has 2 aromatic rings. The molecular formula is C21H26BrN3O. The molecule has 1 amide bonds. The average molecular weight is 416 g/mol. The molecule has 2 aromatic carbocycles. The number of benzene rings is 2. The Kier molecular flexibility index (Phi) is 6.46. The van der Waals surface area contributed by atoms with Gasteiger partial charge in [-0.25, -0.2) is 0 Å². The van der Waals surface area contributed by atoms with Crippen molar-refractivity contribution in [3.8, 4) is 0 Å². The third-order valence-electron chi connectivity index (χ3n) is 5.02. The summed E-state index contributed by atoms with van der Waals surface area (Å²) in [4.78, 5) is 17.4. The molecule has 0 aromatic heterocycles. The van der Waals surface area contributed by atoms with E-state index in [9.17, 15) is 4.79 Å². The van der Waals surface area contributed by atoms with Gasteiger partial charge in [0.1, 0.15) is 0 Å². The lowest BCUT2D eigenvalue weighted by atomic mass is 10.0. The predicted molar refractivity (Wildman–Crippen MR) is 109 cm³/mol. The van der Waals surface area contributed by atoms with E-state index < -0.39 is 0 Å². The van der Waals surface area contributed by atoms with Crippen LogP contribution in [0.3, 0.4) is 0 Å². The second kappa shape index (κ2) is 8.80. The first kappa shape index (κ1) is 19.1. The predicted octanol–water partition coefficient (Wildman–Crippen LogP) is 3.48. The van der Waals surface area contributed by atoms with Crippen LogP contribution in [0.4, 0.5) is 0 Å². The van der Waals surface area contributed by atoms with Gasteiger partial charge in [0.05, 0.1) is 11.6 Å². The third kappa shape index (κ3) is 4.72. The van der Waals surface area contributed by atoms with Gasteiger partial charge in [0.2, 0.25) is 0 Å². The van der Waals surface area contributed by atoms with Crippen molar-refractivity contribution in [2.75, 3.05) is 39.8 Å². The maximum absolute atomic E-state index is 12.6. The summed E-state index contributed by atoms with van der Waals surface area (Å²) in [5, 5.41) is 3.14. The SMILES string of the molecule is Cc1ccc(C(CNC(=O)c2ccccc2Br)N2CCN(C)CC2)cc1. The smallest absolute Gasteiger partial charge is 0.252 e. The zero-order valence-electron chi connectivity index (χ0n) is 15.4. The molecule has 0 aliphatic carbocycles. The minimum atomic E-state index is -0.0382. The molecule has 0 radical (unpaired) electrons. The fourth-order valence-electron chi connectivity index (χ4n) is 3.31. The van der Waals surface area contributed by atoms with Gasteiger partial charge in [-0.1, -0.05) is 42.0 Å². The summed E-state index contributed by atoms with van der Waals surface area (Å²) in [6.45, 7) is 6.84. The molecule has 0 saturated carbocycles. The van der Waals surface area contributed by atoms with Crippen LogP contribution >= 0.6 is 15.9 Å². The Morgan fingerprint density at radius 3 is 2.38 bits per heavy atom. The molecule has 26 heavy (non-hydrogen) atoms. The number of hydrogen-bond donors (Lipinski definition) is 1. The number of amides is 1. The van der Waals surface area contributed by atoms with Crippen LogP contribution < -0.4 is 5.32 Å². The molecule has 138 valence electrons. The molecule has 1 N–H and O–H groups in total. The lowest BCUT2D eigenvalue weighted by Gasteiger charge is -2.38. The standard InChI is InChI=1S/C21H26BrN3O/c1-16-7-9-17(10-8-16)20(25-13-11-24(2)12-14-25)15-23-21(26)18-5-3-4-6-19(18)22/h3-10,20H,11-15H2,1-2H3,(H,23,26). The summed E-state index contributed by atoms with van der Waals surface area (Å²) < 4.78 is 0.823. The molecule has 1 fully saturated rings. The zero-order valence-corrected chi connectivity index (χ0v) is 17.0. The Morgan fingerprint density at radius 2 is 1.73 bits per heavy atom. The molecular weight excluding hydrogens is 390 g/mol. The number of nitrogens with zero attached hydrogens (tertiary/aromatic N) is 2. The number of halogens is 1. The number of hydrogen-bond acceptors (Lipinski definition) is 3. The van der Waals surface area contributed by atoms with E-state index in [0.29, 0.717) is 12.1 Å². The van der Waals surface area contributed by atoms with E-state index in [-0.39, 0.29) is 11.9 Å². The normalized spacial score (nSPS) is 17.0. The van der Waals surface area contributed by atoms with Crippen molar-refractivity contribution < 1.29 is 4.79 Å². The van der Waals surface area contributed by atoms with Crippen LogP contribution in [0.2, 0.25) is 0 Å². The highest BCUT2D eigenvalue weighted by molar-refractivity contribution is 9.10. The van der Waals surface area contributed by atoms with Gasteiger partial charge in [0.25, 0.3) is 5.91 Å². The zero-order chi connectivity index (χ0) is 18.5. The molecule has 5 heteroatoms. The Bertz CT molecular complexity index is 739. The van der Waals surface area contributed by atoms with Crippen molar-refractivity contribution in [1.82, 2.24) is 15.1 Å². The lowest BCUT2D eigenvalue weighted by molar-refractivity contribution is 0.0885. The number of aryl methyl sites for hydroxylation is 1. The second-order valence-corrected chi connectivity index (χ2v) is 7.81. The monoisotopic (exact) mass is 415 g/mol.